The second-order valence-corrected chi connectivity index (χ2v) is 8.57. The Morgan fingerprint density at radius 3 is 2.38 bits per heavy atom. The summed E-state index contributed by atoms with van der Waals surface area (Å²) in [5, 5.41) is 10.4. The zero-order valence-electron chi connectivity index (χ0n) is 17.8. The third-order valence-corrected chi connectivity index (χ3v) is 5.44. The van der Waals surface area contributed by atoms with Gasteiger partial charge in [0.05, 0.1) is 6.10 Å². The summed E-state index contributed by atoms with van der Waals surface area (Å²) >= 11 is -0.124. The first-order valence-corrected chi connectivity index (χ1v) is 11.2. The van der Waals surface area contributed by atoms with Crippen LogP contribution in [-0.4, -0.2) is 23.3 Å². The molecule has 3 nitrogen and oxygen atoms in total. The lowest BCUT2D eigenvalue weighted by atomic mass is 10.1. The monoisotopic (exact) mass is 461 g/mol. The van der Waals surface area contributed by atoms with Gasteiger partial charge in [0.25, 0.3) is 0 Å². The highest BCUT2D eigenvalue weighted by Gasteiger charge is 2.29. The molecule has 1 unspecified atom stereocenters. The summed E-state index contributed by atoms with van der Waals surface area (Å²) in [7, 11) is 0. The molecule has 0 aliphatic carbocycles. The van der Waals surface area contributed by atoms with Gasteiger partial charge < -0.3 is 14.7 Å². The van der Waals surface area contributed by atoms with E-state index in [4.69, 9.17) is 4.74 Å². The average molecular weight is 462 g/mol. The molecular weight excluding hydrogens is 435 g/mol. The maximum absolute atomic E-state index is 12.8. The highest BCUT2D eigenvalue weighted by atomic mass is 32.2. The predicted molar refractivity (Wildman–Crippen MR) is 123 cm³/mol. The zero-order chi connectivity index (χ0) is 23.0. The number of ether oxygens (including phenoxy) is 1. The molecule has 0 saturated carbocycles. The Hall–Kier alpha value is -2.64. The van der Waals surface area contributed by atoms with E-state index in [0.29, 0.717) is 31.0 Å². The fourth-order valence-corrected chi connectivity index (χ4v) is 3.99. The lowest BCUT2D eigenvalue weighted by Crippen LogP contribution is -2.32. The minimum Gasteiger partial charge on any atom is -0.457 e. The van der Waals surface area contributed by atoms with E-state index in [1.165, 1.54) is 6.07 Å². The molecule has 0 amide bonds. The number of alkyl halides is 3. The third-order valence-electron chi connectivity index (χ3n) is 4.72. The summed E-state index contributed by atoms with van der Waals surface area (Å²) in [5.74, 6) is 1.35. The maximum atomic E-state index is 12.8. The van der Waals surface area contributed by atoms with E-state index in [0.717, 1.165) is 17.7 Å². The number of hydrogen-bond donors (Lipinski definition) is 1. The second-order valence-electron chi connectivity index (χ2n) is 7.43. The van der Waals surface area contributed by atoms with Crippen LogP contribution in [0, 0.1) is 0 Å². The molecule has 1 N–H and O–H groups in total. The van der Waals surface area contributed by atoms with Crippen LogP contribution in [0.5, 0.6) is 11.5 Å². The van der Waals surface area contributed by atoms with E-state index in [1.54, 1.807) is 18.2 Å². The number of nitrogens with zero attached hydrogens (tertiary/aromatic N) is 1. The van der Waals surface area contributed by atoms with Crippen LogP contribution in [0.15, 0.2) is 83.8 Å². The number of anilines is 1. The molecule has 0 fully saturated rings. The SMILES string of the molecule is CCCC(O)CN(Cc1cccc(SC(F)(F)F)c1)c1cccc(Oc2ccccc2)c1. The van der Waals surface area contributed by atoms with E-state index in [9.17, 15) is 18.3 Å². The molecule has 3 aromatic rings. The Balaban J connectivity index is 1.83. The van der Waals surface area contributed by atoms with E-state index in [2.05, 4.69) is 0 Å². The number of aliphatic hydroxyl groups is 1. The number of hydrogen-bond acceptors (Lipinski definition) is 4. The van der Waals surface area contributed by atoms with E-state index >= 15 is 0 Å². The Bertz CT molecular complexity index is 982. The summed E-state index contributed by atoms with van der Waals surface area (Å²) in [6.45, 7) is 2.72. The van der Waals surface area contributed by atoms with Crippen molar-refractivity contribution in [2.75, 3.05) is 11.4 Å². The molecule has 7 heteroatoms. The van der Waals surface area contributed by atoms with Crippen molar-refractivity contribution in [1.29, 1.82) is 0 Å². The molecule has 3 aromatic carbocycles. The molecule has 0 bridgehead atoms. The van der Waals surface area contributed by atoms with Crippen LogP contribution in [0.3, 0.4) is 0 Å². The van der Waals surface area contributed by atoms with Crippen LogP contribution in [0.2, 0.25) is 0 Å². The smallest absolute Gasteiger partial charge is 0.446 e. The average Bonchev–Trinajstić information content (AvgIpc) is 2.73. The molecule has 0 aromatic heterocycles. The first kappa shape index (κ1) is 24.0. The van der Waals surface area contributed by atoms with Crippen LogP contribution in [-0.2, 0) is 6.54 Å². The fourth-order valence-electron chi connectivity index (χ4n) is 3.37. The lowest BCUT2D eigenvalue weighted by Gasteiger charge is -2.28. The number of para-hydroxylation sites is 1. The van der Waals surface area contributed by atoms with Gasteiger partial charge in [-0.2, -0.15) is 13.2 Å². The van der Waals surface area contributed by atoms with Gasteiger partial charge in [-0.15, -0.1) is 0 Å². The number of aliphatic hydroxyl groups excluding tert-OH is 1. The Labute approximate surface area is 190 Å². The first-order valence-electron chi connectivity index (χ1n) is 10.4. The minimum atomic E-state index is -4.33. The molecule has 0 aliphatic rings. The van der Waals surface area contributed by atoms with Gasteiger partial charge in [0.1, 0.15) is 11.5 Å². The highest BCUT2D eigenvalue weighted by molar-refractivity contribution is 8.00. The standard InChI is InChI=1S/C25H26F3NO2S/c1-2-8-21(30)18-29(17-19-9-6-14-24(15-19)32-25(26,27)28)20-10-7-13-23(16-20)31-22-11-4-3-5-12-22/h3-7,9-16,21,30H,2,8,17-18H2,1H3. The van der Waals surface area contributed by atoms with Crippen molar-refractivity contribution in [3.8, 4) is 11.5 Å². The second kappa shape index (κ2) is 11.3. The molecule has 170 valence electrons. The molecule has 0 heterocycles. The first-order chi connectivity index (χ1) is 15.3. The van der Waals surface area contributed by atoms with E-state index in [-0.39, 0.29) is 16.7 Å². The summed E-state index contributed by atoms with van der Waals surface area (Å²) in [4.78, 5) is 2.11. The minimum absolute atomic E-state index is 0.124. The number of thioether (sulfide) groups is 1. The zero-order valence-corrected chi connectivity index (χ0v) is 18.6. The molecular formula is C25H26F3NO2S. The van der Waals surface area contributed by atoms with Gasteiger partial charge in [-0.25, -0.2) is 0 Å². The lowest BCUT2D eigenvalue weighted by molar-refractivity contribution is -0.0328. The van der Waals surface area contributed by atoms with Crippen molar-refractivity contribution < 1.29 is 23.0 Å². The van der Waals surface area contributed by atoms with Gasteiger partial charge in [-0.1, -0.05) is 49.7 Å². The van der Waals surface area contributed by atoms with Crippen molar-refractivity contribution in [3.63, 3.8) is 0 Å². The van der Waals surface area contributed by atoms with Crippen molar-refractivity contribution in [3.05, 3.63) is 84.4 Å². The quantitative estimate of drug-likeness (QED) is 0.322. The van der Waals surface area contributed by atoms with Crippen molar-refractivity contribution in [1.82, 2.24) is 0 Å². The molecule has 0 saturated heterocycles. The summed E-state index contributed by atoms with van der Waals surface area (Å²) in [5.41, 5.74) is -2.78. The van der Waals surface area contributed by atoms with Crippen LogP contribution in [0.4, 0.5) is 18.9 Å². The number of rotatable bonds is 10. The Kier molecular flexibility index (Phi) is 8.47. The van der Waals surface area contributed by atoms with E-state index < -0.39 is 11.6 Å². The molecule has 3 rings (SSSR count). The summed E-state index contributed by atoms with van der Waals surface area (Å²) in [6, 6.07) is 23.3. The Morgan fingerprint density at radius 1 is 0.938 bits per heavy atom. The highest BCUT2D eigenvalue weighted by Crippen LogP contribution is 2.37. The summed E-state index contributed by atoms with van der Waals surface area (Å²) in [6.07, 6.45) is 0.927. The van der Waals surface area contributed by atoms with Gasteiger partial charge in [-0.05, 0) is 60.1 Å². The van der Waals surface area contributed by atoms with Crippen molar-refractivity contribution in [2.45, 2.75) is 42.8 Å². The van der Waals surface area contributed by atoms with Crippen LogP contribution >= 0.6 is 11.8 Å². The van der Waals surface area contributed by atoms with Gasteiger partial charge >= 0.3 is 5.51 Å². The number of halogens is 3. The van der Waals surface area contributed by atoms with Gasteiger partial charge in [0.15, 0.2) is 0 Å². The van der Waals surface area contributed by atoms with Crippen molar-refractivity contribution >= 4 is 17.4 Å². The van der Waals surface area contributed by atoms with E-state index in [1.807, 2.05) is 66.4 Å². The fraction of sp³-hybridized carbons (Fsp3) is 0.280. The molecule has 0 spiro atoms. The molecule has 32 heavy (non-hydrogen) atoms. The maximum Gasteiger partial charge on any atom is 0.446 e. The molecule has 0 radical (unpaired) electrons. The van der Waals surface area contributed by atoms with Gasteiger partial charge in [-0.3, -0.25) is 0 Å². The Morgan fingerprint density at radius 2 is 1.66 bits per heavy atom. The molecule has 1 atom stereocenters. The summed E-state index contributed by atoms with van der Waals surface area (Å²) < 4.78 is 44.3. The predicted octanol–water partition coefficient (Wildman–Crippen LogP) is 7.26. The largest absolute Gasteiger partial charge is 0.457 e. The van der Waals surface area contributed by atoms with Crippen molar-refractivity contribution in [2.24, 2.45) is 0 Å². The third kappa shape index (κ3) is 7.80. The number of benzene rings is 3. The normalized spacial score (nSPS) is 12.4. The van der Waals surface area contributed by atoms with Crippen LogP contribution in [0.25, 0.3) is 0 Å². The van der Waals surface area contributed by atoms with Gasteiger partial charge in [0, 0.05) is 29.7 Å². The van der Waals surface area contributed by atoms with Gasteiger partial charge in [0.2, 0.25) is 0 Å². The topological polar surface area (TPSA) is 32.7 Å². The van der Waals surface area contributed by atoms with Crippen LogP contribution in [0.1, 0.15) is 25.3 Å². The van der Waals surface area contributed by atoms with Crippen LogP contribution < -0.4 is 9.64 Å². The molecule has 0 aliphatic heterocycles.